The van der Waals surface area contributed by atoms with Crippen LogP contribution in [0.3, 0.4) is 0 Å². The standard InChI is InChI=1S/C16H21NO3/c1-2-12-6-5-7-13(10-12)17-14(18)11-16(15(19)20)8-3-4-9-16/h5-7,10H,2-4,8-9,11H2,1H3,(H,17,18)(H,19,20). The largest absolute Gasteiger partial charge is 0.481 e. The Morgan fingerprint density at radius 1 is 1.30 bits per heavy atom. The molecule has 1 fully saturated rings. The zero-order valence-corrected chi connectivity index (χ0v) is 11.8. The summed E-state index contributed by atoms with van der Waals surface area (Å²) in [6.07, 6.45) is 3.97. The van der Waals surface area contributed by atoms with Crippen LogP contribution in [0.15, 0.2) is 24.3 Å². The monoisotopic (exact) mass is 275 g/mol. The van der Waals surface area contributed by atoms with Crippen LogP contribution >= 0.6 is 0 Å². The van der Waals surface area contributed by atoms with Crippen LogP contribution < -0.4 is 5.32 Å². The number of nitrogens with one attached hydrogen (secondary N) is 1. The summed E-state index contributed by atoms with van der Waals surface area (Å²) in [6.45, 7) is 2.05. The Balaban J connectivity index is 2.02. The van der Waals surface area contributed by atoms with Gasteiger partial charge in [-0.1, -0.05) is 31.9 Å². The third-order valence-electron chi connectivity index (χ3n) is 4.13. The molecule has 0 atom stereocenters. The van der Waals surface area contributed by atoms with Gasteiger partial charge in [-0.15, -0.1) is 0 Å². The summed E-state index contributed by atoms with van der Waals surface area (Å²) in [5, 5.41) is 12.2. The van der Waals surface area contributed by atoms with E-state index in [0.717, 1.165) is 30.5 Å². The van der Waals surface area contributed by atoms with Crippen molar-refractivity contribution >= 4 is 17.6 Å². The second-order valence-electron chi connectivity index (χ2n) is 5.57. The maximum atomic E-state index is 12.1. The number of carboxylic acid groups (broad SMARTS) is 1. The van der Waals surface area contributed by atoms with Crippen molar-refractivity contribution in [2.45, 2.75) is 45.4 Å². The zero-order valence-electron chi connectivity index (χ0n) is 11.8. The van der Waals surface area contributed by atoms with Crippen LogP contribution in [0.4, 0.5) is 5.69 Å². The van der Waals surface area contributed by atoms with Crippen molar-refractivity contribution < 1.29 is 14.7 Å². The van der Waals surface area contributed by atoms with E-state index in [9.17, 15) is 14.7 Å². The fraction of sp³-hybridized carbons (Fsp3) is 0.500. The minimum absolute atomic E-state index is 0.0681. The summed E-state index contributed by atoms with van der Waals surface area (Å²) < 4.78 is 0. The van der Waals surface area contributed by atoms with Gasteiger partial charge in [0.1, 0.15) is 0 Å². The summed E-state index contributed by atoms with van der Waals surface area (Å²) >= 11 is 0. The topological polar surface area (TPSA) is 66.4 Å². The lowest BCUT2D eigenvalue weighted by Gasteiger charge is -2.22. The first-order chi connectivity index (χ1) is 9.55. The molecule has 0 spiro atoms. The fourth-order valence-corrected chi connectivity index (χ4v) is 2.90. The summed E-state index contributed by atoms with van der Waals surface area (Å²) in [4.78, 5) is 23.5. The molecular weight excluding hydrogens is 254 g/mol. The number of amides is 1. The van der Waals surface area contributed by atoms with Gasteiger partial charge in [0.25, 0.3) is 0 Å². The van der Waals surface area contributed by atoms with Crippen LogP contribution in [0.25, 0.3) is 0 Å². The lowest BCUT2D eigenvalue weighted by atomic mass is 9.82. The summed E-state index contributed by atoms with van der Waals surface area (Å²) in [5.41, 5.74) is 1.04. The van der Waals surface area contributed by atoms with Crippen LogP contribution in [0, 0.1) is 5.41 Å². The summed E-state index contributed by atoms with van der Waals surface area (Å²) in [7, 11) is 0. The highest BCUT2D eigenvalue weighted by molar-refractivity contribution is 5.94. The molecule has 1 aliphatic carbocycles. The van der Waals surface area contributed by atoms with Crippen molar-refractivity contribution in [3.05, 3.63) is 29.8 Å². The van der Waals surface area contributed by atoms with Crippen molar-refractivity contribution in [2.75, 3.05) is 5.32 Å². The van der Waals surface area contributed by atoms with E-state index >= 15 is 0 Å². The van der Waals surface area contributed by atoms with Gasteiger partial charge in [0, 0.05) is 12.1 Å². The molecule has 1 amide bonds. The van der Waals surface area contributed by atoms with Gasteiger partial charge in [0.05, 0.1) is 5.41 Å². The lowest BCUT2D eigenvalue weighted by Crippen LogP contribution is -2.32. The van der Waals surface area contributed by atoms with Crippen molar-refractivity contribution in [1.29, 1.82) is 0 Å². The molecule has 0 unspecified atom stereocenters. The van der Waals surface area contributed by atoms with Crippen molar-refractivity contribution in [3.8, 4) is 0 Å². The van der Waals surface area contributed by atoms with E-state index in [1.165, 1.54) is 0 Å². The highest BCUT2D eigenvalue weighted by Crippen LogP contribution is 2.41. The van der Waals surface area contributed by atoms with E-state index in [1.54, 1.807) is 0 Å². The Labute approximate surface area is 119 Å². The number of rotatable bonds is 5. The number of carboxylic acids is 1. The predicted molar refractivity (Wildman–Crippen MR) is 77.6 cm³/mol. The molecule has 0 aliphatic heterocycles. The normalized spacial score (nSPS) is 16.9. The Kier molecular flexibility index (Phi) is 4.42. The van der Waals surface area contributed by atoms with Crippen LogP contribution in [-0.2, 0) is 16.0 Å². The number of benzene rings is 1. The highest BCUT2D eigenvalue weighted by atomic mass is 16.4. The summed E-state index contributed by atoms with van der Waals surface area (Å²) in [5.74, 6) is -1.05. The fourth-order valence-electron chi connectivity index (χ4n) is 2.90. The second kappa shape index (κ2) is 6.07. The quantitative estimate of drug-likeness (QED) is 0.867. The van der Waals surface area contributed by atoms with Crippen LogP contribution in [0.5, 0.6) is 0 Å². The first-order valence-corrected chi connectivity index (χ1v) is 7.18. The van der Waals surface area contributed by atoms with Gasteiger partial charge in [-0.05, 0) is 37.0 Å². The number of anilines is 1. The highest BCUT2D eigenvalue weighted by Gasteiger charge is 2.42. The van der Waals surface area contributed by atoms with Crippen LogP contribution in [0.2, 0.25) is 0 Å². The van der Waals surface area contributed by atoms with Gasteiger partial charge in [0.15, 0.2) is 0 Å². The first kappa shape index (κ1) is 14.6. The third-order valence-corrected chi connectivity index (χ3v) is 4.13. The number of aliphatic carboxylic acids is 1. The van der Waals surface area contributed by atoms with Crippen molar-refractivity contribution in [2.24, 2.45) is 5.41 Å². The minimum atomic E-state index is -0.855. The molecule has 1 aliphatic rings. The molecule has 0 saturated heterocycles. The molecule has 108 valence electrons. The maximum Gasteiger partial charge on any atom is 0.310 e. The second-order valence-corrected chi connectivity index (χ2v) is 5.57. The smallest absolute Gasteiger partial charge is 0.310 e. The molecule has 0 aromatic heterocycles. The molecule has 20 heavy (non-hydrogen) atoms. The van der Waals surface area contributed by atoms with Crippen molar-refractivity contribution in [1.82, 2.24) is 0 Å². The Hall–Kier alpha value is -1.84. The predicted octanol–water partition coefficient (Wildman–Crippen LogP) is 3.22. The molecule has 2 rings (SSSR count). The lowest BCUT2D eigenvalue weighted by molar-refractivity contribution is -0.150. The average Bonchev–Trinajstić information content (AvgIpc) is 2.88. The molecule has 4 heteroatoms. The maximum absolute atomic E-state index is 12.1. The molecule has 1 saturated carbocycles. The Morgan fingerprint density at radius 3 is 2.60 bits per heavy atom. The number of carbonyl (C=O) groups excluding carboxylic acids is 1. The molecular formula is C16H21NO3. The molecule has 0 heterocycles. The van der Waals surface area contributed by atoms with Crippen LogP contribution in [0.1, 0.15) is 44.6 Å². The SMILES string of the molecule is CCc1cccc(NC(=O)CC2(C(=O)O)CCCC2)c1. The van der Waals surface area contributed by atoms with Gasteiger partial charge in [0.2, 0.25) is 5.91 Å². The van der Waals surface area contributed by atoms with Gasteiger partial charge in [-0.3, -0.25) is 9.59 Å². The van der Waals surface area contributed by atoms with E-state index in [-0.39, 0.29) is 12.3 Å². The number of hydrogen-bond donors (Lipinski definition) is 2. The molecule has 1 aromatic carbocycles. The van der Waals surface area contributed by atoms with E-state index in [4.69, 9.17) is 0 Å². The minimum Gasteiger partial charge on any atom is -0.481 e. The van der Waals surface area contributed by atoms with Gasteiger partial charge < -0.3 is 10.4 Å². The van der Waals surface area contributed by atoms with Crippen LogP contribution in [-0.4, -0.2) is 17.0 Å². The first-order valence-electron chi connectivity index (χ1n) is 7.18. The Bertz CT molecular complexity index is 504. The number of hydrogen-bond acceptors (Lipinski definition) is 2. The number of aryl methyl sites for hydroxylation is 1. The Morgan fingerprint density at radius 2 is 2.00 bits per heavy atom. The van der Waals surface area contributed by atoms with E-state index in [2.05, 4.69) is 12.2 Å². The third kappa shape index (κ3) is 3.18. The van der Waals surface area contributed by atoms with E-state index in [1.807, 2.05) is 24.3 Å². The summed E-state index contributed by atoms with van der Waals surface area (Å²) in [6, 6.07) is 7.67. The van der Waals surface area contributed by atoms with Crippen molar-refractivity contribution in [3.63, 3.8) is 0 Å². The average molecular weight is 275 g/mol. The zero-order chi connectivity index (χ0) is 14.6. The number of carbonyl (C=O) groups is 2. The molecule has 0 radical (unpaired) electrons. The van der Waals surface area contributed by atoms with Gasteiger partial charge in [-0.2, -0.15) is 0 Å². The molecule has 1 aromatic rings. The van der Waals surface area contributed by atoms with Gasteiger partial charge >= 0.3 is 5.97 Å². The van der Waals surface area contributed by atoms with Gasteiger partial charge in [-0.25, -0.2) is 0 Å². The molecule has 4 nitrogen and oxygen atoms in total. The molecule has 2 N–H and O–H groups in total. The molecule has 0 bridgehead atoms. The van der Waals surface area contributed by atoms with E-state index < -0.39 is 11.4 Å². The van der Waals surface area contributed by atoms with E-state index in [0.29, 0.717) is 12.8 Å².